The first-order chi connectivity index (χ1) is 13.4. The molecule has 1 heterocycles. The Hall–Kier alpha value is -2.87. The van der Waals surface area contributed by atoms with Gasteiger partial charge in [0.1, 0.15) is 11.5 Å². The molecule has 2 aromatic rings. The van der Waals surface area contributed by atoms with Crippen LogP contribution in [0, 0.1) is 0 Å². The number of hydrogen-bond donors (Lipinski definition) is 0. The van der Waals surface area contributed by atoms with Crippen molar-refractivity contribution in [2.75, 3.05) is 20.8 Å². The summed E-state index contributed by atoms with van der Waals surface area (Å²) in [6.07, 6.45) is 0. The number of benzene rings is 2. The van der Waals surface area contributed by atoms with E-state index >= 15 is 0 Å². The fourth-order valence-electron chi connectivity index (χ4n) is 2.41. The Morgan fingerprint density at radius 3 is 2.18 bits per heavy atom. The summed E-state index contributed by atoms with van der Waals surface area (Å²) in [5.74, 6) is -0.237. The van der Waals surface area contributed by atoms with E-state index in [1.807, 2.05) is 6.07 Å². The van der Waals surface area contributed by atoms with Crippen LogP contribution in [0.15, 0.2) is 36.4 Å². The number of hydrogen-bond acceptors (Lipinski definition) is 7. The largest absolute Gasteiger partial charge is 0.497 e. The minimum atomic E-state index is -0.612. The maximum absolute atomic E-state index is 11.5. The normalized spacial score (nSPS) is 11.7. The average molecular weight is 451 g/mol. The summed E-state index contributed by atoms with van der Waals surface area (Å²) >= 11 is 3.33. The second-order valence-electron chi connectivity index (χ2n) is 5.47. The number of halogens is 1. The third-order valence-electron chi connectivity index (χ3n) is 3.80. The van der Waals surface area contributed by atoms with Crippen LogP contribution in [-0.2, 0) is 14.8 Å². The van der Waals surface area contributed by atoms with Crippen LogP contribution < -0.4 is 9.47 Å². The molecule has 0 aliphatic carbocycles. The fourth-order valence-corrected chi connectivity index (χ4v) is 2.87. The Kier molecular flexibility index (Phi) is 7.57. The summed E-state index contributed by atoms with van der Waals surface area (Å²) in [4.78, 5) is 33.6. The zero-order valence-electron chi connectivity index (χ0n) is 15.6. The predicted octanol–water partition coefficient (Wildman–Crippen LogP) is 3.77. The lowest BCUT2D eigenvalue weighted by molar-refractivity contribution is 0.0441. The van der Waals surface area contributed by atoms with Gasteiger partial charge in [-0.15, -0.1) is 0 Å². The van der Waals surface area contributed by atoms with Crippen LogP contribution in [0.2, 0.25) is 0 Å². The summed E-state index contributed by atoms with van der Waals surface area (Å²) in [5, 5.41) is 0.596. The number of cyclic esters (lactones) is 2. The minimum absolute atomic E-state index is 0.268. The molecule has 0 radical (unpaired) electrons. The van der Waals surface area contributed by atoms with Crippen molar-refractivity contribution in [1.82, 2.24) is 0 Å². The lowest BCUT2D eigenvalue weighted by Crippen LogP contribution is -2.07. The van der Waals surface area contributed by atoms with E-state index in [9.17, 15) is 14.4 Å². The quantitative estimate of drug-likeness (QED) is 0.389. The maximum atomic E-state index is 11.5. The topological polar surface area (TPSA) is 88.1 Å². The van der Waals surface area contributed by atoms with E-state index in [0.717, 1.165) is 11.3 Å². The number of methoxy groups -OCH3 is 2. The SMILES string of the molecule is CCOC(=O)c1ccc(OC)cc1CBr.COc1ccc2c(c1)C(=O)OC2=O. The average Bonchev–Trinajstić information content (AvgIpc) is 3.01. The molecule has 0 unspecified atom stereocenters. The molecule has 2 aromatic carbocycles. The van der Waals surface area contributed by atoms with E-state index in [1.165, 1.54) is 19.2 Å². The van der Waals surface area contributed by atoms with Gasteiger partial charge in [-0.05, 0) is 48.9 Å². The second-order valence-corrected chi connectivity index (χ2v) is 6.03. The first-order valence-electron chi connectivity index (χ1n) is 8.29. The molecule has 0 amide bonds. The molecule has 0 spiro atoms. The summed E-state index contributed by atoms with van der Waals surface area (Å²) < 4.78 is 19.3. The summed E-state index contributed by atoms with van der Waals surface area (Å²) in [7, 11) is 3.08. The Bertz CT molecular complexity index is 892. The molecule has 0 saturated carbocycles. The van der Waals surface area contributed by atoms with E-state index in [1.54, 1.807) is 32.2 Å². The van der Waals surface area contributed by atoms with Crippen LogP contribution >= 0.6 is 15.9 Å². The molecule has 3 rings (SSSR count). The van der Waals surface area contributed by atoms with Gasteiger partial charge < -0.3 is 18.9 Å². The van der Waals surface area contributed by atoms with Crippen molar-refractivity contribution < 1.29 is 33.3 Å². The van der Waals surface area contributed by atoms with Crippen molar-refractivity contribution in [2.45, 2.75) is 12.3 Å². The monoisotopic (exact) mass is 450 g/mol. The van der Waals surface area contributed by atoms with Gasteiger partial charge in [0.25, 0.3) is 0 Å². The fraction of sp³-hybridized carbons (Fsp3) is 0.250. The number of ether oxygens (including phenoxy) is 4. The van der Waals surface area contributed by atoms with Crippen molar-refractivity contribution in [3.8, 4) is 11.5 Å². The maximum Gasteiger partial charge on any atom is 0.347 e. The van der Waals surface area contributed by atoms with Crippen molar-refractivity contribution >= 4 is 33.8 Å². The molecular weight excluding hydrogens is 432 g/mol. The highest BCUT2D eigenvalue weighted by Crippen LogP contribution is 2.24. The number of alkyl halides is 1. The molecular formula is C20H19BrO7. The van der Waals surface area contributed by atoms with Crippen molar-refractivity contribution in [2.24, 2.45) is 0 Å². The molecule has 0 atom stereocenters. The smallest absolute Gasteiger partial charge is 0.347 e. The summed E-state index contributed by atoms with van der Waals surface area (Å²) in [6, 6.07) is 9.90. The van der Waals surface area contributed by atoms with Gasteiger partial charge in [-0.2, -0.15) is 0 Å². The minimum Gasteiger partial charge on any atom is -0.497 e. The van der Waals surface area contributed by atoms with Gasteiger partial charge in [-0.3, -0.25) is 0 Å². The van der Waals surface area contributed by atoms with Crippen LogP contribution in [0.25, 0.3) is 0 Å². The van der Waals surface area contributed by atoms with Gasteiger partial charge in [0.15, 0.2) is 0 Å². The first-order valence-corrected chi connectivity index (χ1v) is 9.41. The van der Waals surface area contributed by atoms with Gasteiger partial charge in [-0.1, -0.05) is 15.9 Å². The molecule has 1 aliphatic heterocycles. The Labute approximate surface area is 170 Å². The number of rotatable bonds is 5. The molecule has 1 aliphatic rings. The third kappa shape index (κ3) is 4.89. The van der Waals surface area contributed by atoms with Gasteiger partial charge in [0.2, 0.25) is 0 Å². The molecule has 0 fully saturated rings. The van der Waals surface area contributed by atoms with Crippen molar-refractivity contribution in [3.05, 3.63) is 58.7 Å². The molecule has 0 N–H and O–H groups in total. The summed E-state index contributed by atoms with van der Waals surface area (Å²) in [6.45, 7) is 2.17. The Morgan fingerprint density at radius 1 is 0.964 bits per heavy atom. The highest BCUT2D eigenvalue weighted by atomic mass is 79.9. The molecule has 0 saturated heterocycles. The van der Waals surface area contributed by atoms with E-state index < -0.39 is 11.9 Å². The van der Waals surface area contributed by atoms with E-state index in [0.29, 0.717) is 28.8 Å². The second kappa shape index (κ2) is 9.89. The van der Waals surface area contributed by atoms with Crippen LogP contribution in [0.4, 0.5) is 0 Å². The molecule has 148 valence electrons. The lowest BCUT2D eigenvalue weighted by Gasteiger charge is -2.08. The lowest BCUT2D eigenvalue weighted by atomic mass is 10.1. The molecule has 0 aromatic heterocycles. The van der Waals surface area contributed by atoms with Gasteiger partial charge in [0.05, 0.1) is 37.5 Å². The van der Waals surface area contributed by atoms with Crippen LogP contribution in [0.3, 0.4) is 0 Å². The molecule has 7 nitrogen and oxygen atoms in total. The first kappa shape index (κ1) is 21.4. The summed E-state index contributed by atoms with van der Waals surface area (Å²) in [5.41, 5.74) is 2.01. The molecule has 8 heteroatoms. The van der Waals surface area contributed by atoms with Gasteiger partial charge in [0, 0.05) is 5.33 Å². The number of carbonyl (C=O) groups is 3. The number of carbonyl (C=O) groups excluding carboxylic acids is 3. The van der Waals surface area contributed by atoms with Gasteiger partial charge in [-0.25, -0.2) is 14.4 Å². The Morgan fingerprint density at radius 2 is 1.57 bits per heavy atom. The molecule has 0 bridgehead atoms. The van der Waals surface area contributed by atoms with Crippen LogP contribution in [0.1, 0.15) is 43.6 Å². The van der Waals surface area contributed by atoms with Crippen LogP contribution in [-0.4, -0.2) is 38.7 Å². The number of esters is 3. The highest BCUT2D eigenvalue weighted by Gasteiger charge is 2.29. The Balaban J connectivity index is 0.000000202. The van der Waals surface area contributed by atoms with Crippen molar-refractivity contribution in [3.63, 3.8) is 0 Å². The zero-order chi connectivity index (χ0) is 20.7. The standard InChI is InChI=1S/C11H13BrO3.C9H6O4/c1-3-15-11(13)10-5-4-9(14-2)6-8(10)7-12;1-12-5-2-3-6-7(4-5)9(11)13-8(6)10/h4-6H,3,7H2,1-2H3;2-4H,1H3. The van der Waals surface area contributed by atoms with Gasteiger partial charge >= 0.3 is 17.9 Å². The third-order valence-corrected chi connectivity index (χ3v) is 4.41. The van der Waals surface area contributed by atoms with Crippen molar-refractivity contribution in [1.29, 1.82) is 0 Å². The predicted molar refractivity (Wildman–Crippen MR) is 104 cm³/mol. The zero-order valence-corrected chi connectivity index (χ0v) is 17.2. The van der Waals surface area contributed by atoms with Crippen LogP contribution in [0.5, 0.6) is 11.5 Å². The van der Waals surface area contributed by atoms with E-state index in [-0.39, 0.29) is 11.5 Å². The molecule has 28 heavy (non-hydrogen) atoms. The van der Waals surface area contributed by atoms with E-state index in [2.05, 4.69) is 20.7 Å². The van der Waals surface area contributed by atoms with E-state index in [4.69, 9.17) is 14.2 Å². The number of fused-ring (bicyclic) bond motifs is 1. The highest BCUT2D eigenvalue weighted by molar-refractivity contribution is 9.08.